The predicted octanol–water partition coefficient (Wildman–Crippen LogP) is 2.15. The van der Waals surface area contributed by atoms with Gasteiger partial charge in [-0.25, -0.2) is 4.79 Å². The first-order chi connectivity index (χ1) is 8.68. The predicted molar refractivity (Wildman–Crippen MR) is 69.1 cm³/mol. The van der Waals surface area contributed by atoms with Crippen molar-refractivity contribution >= 4 is 5.97 Å². The zero-order valence-electron chi connectivity index (χ0n) is 10.6. The summed E-state index contributed by atoms with van der Waals surface area (Å²) >= 11 is 0. The Morgan fingerprint density at radius 1 is 1.39 bits per heavy atom. The average Bonchev–Trinajstić information content (AvgIpc) is 2.40. The number of aromatic carboxylic acids is 1. The number of ether oxygens (including phenoxy) is 1. The molecule has 0 spiro atoms. The van der Waals surface area contributed by atoms with Crippen LogP contribution in [-0.4, -0.2) is 30.3 Å². The third-order valence-electron chi connectivity index (χ3n) is 3.48. The minimum Gasteiger partial charge on any atom is -0.490 e. The molecule has 1 aromatic carbocycles. The first-order valence-electron chi connectivity index (χ1n) is 6.38. The number of benzene rings is 1. The lowest BCUT2D eigenvalue weighted by molar-refractivity contribution is 0.0683. The first-order valence-corrected chi connectivity index (χ1v) is 6.38. The molecule has 1 fully saturated rings. The lowest BCUT2D eigenvalue weighted by Crippen LogP contribution is -2.35. The number of hydrogen-bond acceptors (Lipinski definition) is 3. The normalized spacial score (nSPS) is 18.3. The van der Waals surface area contributed by atoms with Gasteiger partial charge in [-0.15, -0.1) is 0 Å². The second-order valence-corrected chi connectivity index (χ2v) is 4.71. The smallest absolute Gasteiger partial charge is 0.339 e. The number of carboxylic acid groups (broad SMARTS) is 1. The van der Waals surface area contributed by atoms with Gasteiger partial charge in [-0.1, -0.05) is 12.1 Å². The van der Waals surface area contributed by atoms with Crippen LogP contribution in [0.4, 0.5) is 0 Å². The van der Waals surface area contributed by atoms with E-state index in [1.165, 1.54) is 0 Å². The Hall–Kier alpha value is -1.55. The summed E-state index contributed by atoms with van der Waals surface area (Å²) in [6, 6.07) is 6.82. The molecule has 0 amide bonds. The van der Waals surface area contributed by atoms with Crippen LogP contribution in [0.25, 0.3) is 0 Å². The molecule has 1 aromatic rings. The van der Waals surface area contributed by atoms with E-state index in [2.05, 4.69) is 5.32 Å². The van der Waals surface area contributed by atoms with Crippen molar-refractivity contribution < 1.29 is 14.6 Å². The topological polar surface area (TPSA) is 58.6 Å². The van der Waals surface area contributed by atoms with Crippen LogP contribution in [-0.2, 0) is 0 Å². The van der Waals surface area contributed by atoms with Gasteiger partial charge in [-0.05, 0) is 50.9 Å². The summed E-state index contributed by atoms with van der Waals surface area (Å²) in [6.45, 7) is 4.05. The molecule has 18 heavy (non-hydrogen) atoms. The highest BCUT2D eigenvalue weighted by Crippen LogP contribution is 2.24. The molecule has 1 aliphatic rings. The summed E-state index contributed by atoms with van der Waals surface area (Å²) in [5.74, 6) is 0.0206. The third kappa shape index (κ3) is 3.01. The molecule has 0 saturated carbocycles. The summed E-state index contributed by atoms with van der Waals surface area (Å²) in [7, 11) is 0. The largest absolute Gasteiger partial charge is 0.490 e. The van der Waals surface area contributed by atoms with Crippen LogP contribution < -0.4 is 10.1 Å². The molecule has 1 saturated heterocycles. The molecule has 98 valence electrons. The van der Waals surface area contributed by atoms with Gasteiger partial charge in [0.2, 0.25) is 0 Å². The molecule has 1 aliphatic heterocycles. The van der Waals surface area contributed by atoms with Crippen LogP contribution in [0.3, 0.4) is 0 Å². The summed E-state index contributed by atoms with van der Waals surface area (Å²) in [5.41, 5.74) is 0.235. The minimum atomic E-state index is -0.942. The molecule has 1 atom stereocenters. The molecule has 0 radical (unpaired) electrons. The van der Waals surface area contributed by atoms with E-state index in [-0.39, 0.29) is 11.7 Å². The van der Waals surface area contributed by atoms with E-state index in [4.69, 9.17) is 9.84 Å². The zero-order chi connectivity index (χ0) is 13.0. The van der Waals surface area contributed by atoms with Gasteiger partial charge in [-0.3, -0.25) is 0 Å². The molecule has 2 N–H and O–H groups in total. The van der Waals surface area contributed by atoms with Crippen LogP contribution in [0.1, 0.15) is 30.1 Å². The van der Waals surface area contributed by atoms with E-state index in [1.807, 2.05) is 6.92 Å². The highest BCUT2D eigenvalue weighted by Gasteiger charge is 2.22. The van der Waals surface area contributed by atoms with Crippen molar-refractivity contribution in [2.75, 3.05) is 13.1 Å². The summed E-state index contributed by atoms with van der Waals surface area (Å²) in [4.78, 5) is 11.1. The lowest BCUT2D eigenvalue weighted by Gasteiger charge is -2.29. The van der Waals surface area contributed by atoms with E-state index in [0.29, 0.717) is 11.7 Å². The maximum atomic E-state index is 11.1. The quantitative estimate of drug-likeness (QED) is 0.858. The molecular formula is C14H19NO3. The van der Waals surface area contributed by atoms with Crippen molar-refractivity contribution in [1.29, 1.82) is 0 Å². The fourth-order valence-electron chi connectivity index (χ4n) is 2.36. The van der Waals surface area contributed by atoms with Gasteiger partial charge in [0.05, 0.1) is 6.10 Å². The van der Waals surface area contributed by atoms with Gasteiger partial charge in [0, 0.05) is 0 Å². The van der Waals surface area contributed by atoms with Gasteiger partial charge in [-0.2, -0.15) is 0 Å². The summed E-state index contributed by atoms with van der Waals surface area (Å²) in [6.07, 6.45) is 2.21. The summed E-state index contributed by atoms with van der Waals surface area (Å²) in [5, 5.41) is 12.4. The molecule has 4 heteroatoms. The molecular weight excluding hydrogens is 230 g/mol. The molecule has 1 unspecified atom stereocenters. The molecule has 2 rings (SSSR count). The van der Waals surface area contributed by atoms with Crippen LogP contribution >= 0.6 is 0 Å². The Morgan fingerprint density at radius 2 is 2.06 bits per heavy atom. The first kappa shape index (κ1) is 12.9. The second kappa shape index (κ2) is 5.87. The Morgan fingerprint density at radius 3 is 2.72 bits per heavy atom. The van der Waals surface area contributed by atoms with Crippen LogP contribution in [0, 0.1) is 5.92 Å². The fourth-order valence-corrected chi connectivity index (χ4v) is 2.36. The van der Waals surface area contributed by atoms with Gasteiger partial charge in [0.15, 0.2) is 0 Å². The van der Waals surface area contributed by atoms with Gasteiger partial charge < -0.3 is 15.2 Å². The average molecular weight is 249 g/mol. The Bertz CT molecular complexity index is 413. The van der Waals surface area contributed by atoms with Gasteiger partial charge in [0.25, 0.3) is 0 Å². The molecule has 0 bridgehead atoms. The van der Waals surface area contributed by atoms with E-state index in [1.54, 1.807) is 24.3 Å². The Labute approximate surface area is 107 Å². The molecule has 0 aromatic heterocycles. The monoisotopic (exact) mass is 249 g/mol. The Balaban J connectivity index is 2.06. The number of nitrogens with one attached hydrogen (secondary N) is 1. The van der Waals surface area contributed by atoms with Gasteiger partial charge in [0.1, 0.15) is 11.3 Å². The molecule has 1 heterocycles. The highest BCUT2D eigenvalue weighted by atomic mass is 16.5. The van der Waals surface area contributed by atoms with Crippen LogP contribution in [0.15, 0.2) is 24.3 Å². The highest BCUT2D eigenvalue weighted by molar-refractivity contribution is 5.90. The number of para-hydroxylation sites is 1. The lowest BCUT2D eigenvalue weighted by atomic mass is 9.93. The van der Waals surface area contributed by atoms with Crippen LogP contribution in [0.5, 0.6) is 5.75 Å². The standard InChI is InChI=1S/C14H19NO3/c1-10(11-6-8-15-9-7-11)18-13-5-3-2-4-12(13)14(16)17/h2-5,10-11,15H,6-9H2,1H3,(H,16,17). The maximum Gasteiger partial charge on any atom is 0.339 e. The van der Waals surface area contributed by atoms with Crippen molar-refractivity contribution in [1.82, 2.24) is 5.32 Å². The minimum absolute atomic E-state index is 0.0487. The molecule has 0 aliphatic carbocycles. The van der Waals surface area contributed by atoms with E-state index in [0.717, 1.165) is 25.9 Å². The van der Waals surface area contributed by atoms with Crippen molar-refractivity contribution in [3.05, 3.63) is 29.8 Å². The Kier molecular flexibility index (Phi) is 4.20. The number of rotatable bonds is 4. The van der Waals surface area contributed by atoms with Crippen molar-refractivity contribution in [3.63, 3.8) is 0 Å². The molecule has 4 nitrogen and oxygen atoms in total. The number of carboxylic acids is 1. The van der Waals surface area contributed by atoms with E-state index in [9.17, 15) is 4.79 Å². The third-order valence-corrected chi connectivity index (χ3v) is 3.48. The number of piperidine rings is 1. The van der Waals surface area contributed by atoms with Gasteiger partial charge >= 0.3 is 5.97 Å². The summed E-state index contributed by atoms with van der Waals surface area (Å²) < 4.78 is 5.84. The van der Waals surface area contributed by atoms with Crippen molar-refractivity contribution in [2.24, 2.45) is 5.92 Å². The SMILES string of the molecule is CC(Oc1ccccc1C(=O)O)C1CCNCC1. The number of hydrogen-bond donors (Lipinski definition) is 2. The maximum absolute atomic E-state index is 11.1. The fraction of sp³-hybridized carbons (Fsp3) is 0.500. The zero-order valence-corrected chi connectivity index (χ0v) is 10.6. The van der Waals surface area contributed by atoms with Crippen molar-refractivity contribution in [2.45, 2.75) is 25.9 Å². The van der Waals surface area contributed by atoms with Crippen molar-refractivity contribution in [3.8, 4) is 5.75 Å². The second-order valence-electron chi connectivity index (χ2n) is 4.71. The van der Waals surface area contributed by atoms with E-state index >= 15 is 0 Å². The number of carbonyl (C=O) groups is 1. The van der Waals surface area contributed by atoms with E-state index < -0.39 is 5.97 Å². The van der Waals surface area contributed by atoms with Crippen LogP contribution in [0.2, 0.25) is 0 Å².